The van der Waals surface area contributed by atoms with E-state index >= 15 is 0 Å². The summed E-state index contributed by atoms with van der Waals surface area (Å²) in [5.41, 5.74) is 1.03. The SMILES string of the molecule is COc1cc(NC(=O)NC2(c3ccc(F)cc3)CCCC2)cc(OC)c1. The lowest BCUT2D eigenvalue weighted by Crippen LogP contribution is -2.45. The fraction of sp³-hybridized carbons (Fsp3) is 0.350. The Labute approximate surface area is 152 Å². The van der Waals surface area contributed by atoms with Crippen molar-refractivity contribution in [2.45, 2.75) is 31.2 Å². The molecule has 0 atom stereocenters. The van der Waals surface area contributed by atoms with E-state index in [1.165, 1.54) is 12.1 Å². The van der Waals surface area contributed by atoms with E-state index in [-0.39, 0.29) is 11.8 Å². The van der Waals surface area contributed by atoms with Crippen LogP contribution in [0.5, 0.6) is 11.5 Å². The van der Waals surface area contributed by atoms with Gasteiger partial charge in [-0.2, -0.15) is 0 Å². The first-order valence-electron chi connectivity index (χ1n) is 8.63. The second kappa shape index (κ2) is 7.64. The molecule has 2 amide bonds. The highest BCUT2D eigenvalue weighted by molar-refractivity contribution is 5.90. The molecule has 0 spiro atoms. The Bertz CT molecular complexity index is 749. The number of halogens is 1. The average molecular weight is 358 g/mol. The maximum absolute atomic E-state index is 13.3. The molecule has 0 heterocycles. The Morgan fingerprint density at radius 2 is 1.58 bits per heavy atom. The molecule has 2 aromatic rings. The zero-order valence-electron chi connectivity index (χ0n) is 15.0. The number of hydrogen-bond donors (Lipinski definition) is 2. The summed E-state index contributed by atoms with van der Waals surface area (Å²) in [5.74, 6) is 0.900. The van der Waals surface area contributed by atoms with E-state index in [2.05, 4.69) is 10.6 Å². The van der Waals surface area contributed by atoms with Crippen LogP contribution in [-0.4, -0.2) is 20.3 Å². The Kier molecular flexibility index (Phi) is 5.30. The second-order valence-electron chi connectivity index (χ2n) is 6.48. The Balaban J connectivity index is 1.78. The molecule has 0 radical (unpaired) electrons. The predicted octanol–water partition coefficient (Wildman–Crippen LogP) is 4.43. The first-order chi connectivity index (χ1) is 12.5. The van der Waals surface area contributed by atoms with Crippen molar-refractivity contribution >= 4 is 11.7 Å². The maximum atomic E-state index is 13.3. The molecule has 0 saturated heterocycles. The zero-order chi connectivity index (χ0) is 18.6. The molecule has 2 aromatic carbocycles. The molecular weight excluding hydrogens is 335 g/mol. The van der Waals surface area contributed by atoms with Crippen LogP contribution in [-0.2, 0) is 5.54 Å². The fourth-order valence-corrected chi connectivity index (χ4v) is 3.49. The minimum Gasteiger partial charge on any atom is -0.497 e. The number of anilines is 1. The van der Waals surface area contributed by atoms with Crippen LogP contribution in [0.1, 0.15) is 31.2 Å². The van der Waals surface area contributed by atoms with Crippen molar-refractivity contribution in [2.75, 3.05) is 19.5 Å². The highest BCUT2D eigenvalue weighted by Gasteiger charge is 2.37. The number of amides is 2. The van der Waals surface area contributed by atoms with Crippen molar-refractivity contribution in [1.82, 2.24) is 5.32 Å². The van der Waals surface area contributed by atoms with E-state index in [1.807, 2.05) is 0 Å². The zero-order valence-corrected chi connectivity index (χ0v) is 15.0. The van der Waals surface area contributed by atoms with Crippen LogP contribution in [0.4, 0.5) is 14.9 Å². The summed E-state index contributed by atoms with van der Waals surface area (Å²) in [5, 5.41) is 5.94. The van der Waals surface area contributed by atoms with Crippen molar-refractivity contribution < 1.29 is 18.7 Å². The number of hydrogen-bond acceptors (Lipinski definition) is 3. The summed E-state index contributed by atoms with van der Waals surface area (Å²) < 4.78 is 23.7. The number of benzene rings is 2. The summed E-state index contributed by atoms with van der Waals surface area (Å²) in [6.07, 6.45) is 3.69. The van der Waals surface area contributed by atoms with Gasteiger partial charge in [-0.1, -0.05) is 25.0 Å². The molecule has 0 unspecified atom stereocenters. The lowest BCUT2D eigenvalue weighted by molar-refractivity contribution is 0.236. The number of rotatable bonds is 5. The smallest absolute Gasteiger partial charge is 0.319 e. The fourth-order valence-electron chi connectivity index (χ4n) is 3.49. The van der Waals surface area contributed by atoms with Gasteiger partial charge in [-0.25, -0.2) is 9.18 Å². The minimum atomic E-state index is -0.471. The Morgan fingerprint density at radius 1 is 1.00 bits per heavy atom. The first-order valence-corrected chi connectivity index (χ1v) is 8.63. The predicted molar refractivity (Wildman–Crippen MR) is 98.2 cm³/mol. The number of methoxy groups -OCH3 is 2. The number of carbonyl (C=O) groups is 1. The molecule has 0 aliphatic heterocycles. The molecular formula is C20H23FN2O3. The second-order valence-corrected chi connectivity index (χ2v) is 6.48. The number of carbonyl (C=O) groups excluding carboxylic acids is 1. The molecule has 1 saturated carbocycles. The van der Waals surface area contributed by atoms with Gasteiger partial charge in [0.25, 0.3) is 0 Å². The molecule has 6 heteroatoms. The van der Waals surface area contributed by atoms with Gasteiger partial charge in [0.15, 0.2) is 0 Å². The number of nitrogens with one attached hydrogen (secondary N) is 2. The van der Waals surface area contributed by atoms with Crippen LogP contribution in [0.25, 0.3) is 0 Å². The van der Waals surface area contributed by atoms with Gasteiger partial charge in [-0.15, -0.1) is 0 Å². The third-order valence-electron chi connectivity index (χ3n) is 4.82. The lowest BCUT2D eigenvalue weighted by Gasteiger charge is -2.31. The quantitative estimate of drug-likeness (QED) is 0.831. The van der Waals surface area contributed by atoms with Gasteiger partial charge in [0.05, 0.1) is 19.8 Å². The van der Waals surface area contributed by atoms with Crippen molar-refractivity contribution in [3.8, 4) is 11.5 Å². The molecule has 26 heavy (non-hydrogen) atoms. The summed E-state index contributed by atoms with van der Waals surface area (Å²) in [6.45, 7) is 0. The molecule has 138 valence electrons. The summed E-state index contributed by atoms with van der Waals surface area (Å²) in [7, 11) is 3.11. The van der Waals surface area contributed by atoms with Crippen LogP contribution in [0.15, 0.2) is 42.5 Å². The van der Waals surface area contributed by atoms with Gasteiger partial charge in [-0.3, -0.25) is 0 Å². The van der Waals surface area contributed by atoms with Crippen LogP contribution in [0.3, 0.4) is 0 Å². The van der Waals surface area contributed by atoms with E-state index in [0.29, 0.717) is 17.2 Å². The van der Waals surface area contributed by atoms with Gasteiger partial charge >= 0.3 is 6.03 Å². The normalized spacial score (nSPS) is 15.3. The highest BCUT2D eigenvalue weighted by Crippen LogP contribution is 2.39. The third kappa shape index (κ3) is 3.90. The van der Waals surface area contributed by atoms with E-state index in [0.717, 1.165) is 31.2 Å². The highest BCUT2D eigenvalue weighted by atomic mass is 19.1. The van der Waals surface area contributed by atoms with E-state index in [4.69, 9.17) is 9.47 Å². The summed E-state index contributed by atoms with van der Waals surface area (Å²) >= 11 is 0. The molecule has 0 bridgehead atoms. The van der Waals surface area contributed by atoms with Crippen LogP contribution >= 0.6 is 0 Å². The van der Waals surface area contributed by atoms with Crippen molar-refractivity contribution in [3.63, 3.8) is 0 Å². The Hall–Kier alpha value is -2.76. The summed E-state index contributed by atoms with van der Waals surface area (Å²) in [6, 6.07) is 11.2. The monoisotopic (exact) mass is 358 g/mol. The van der Waals surface area contributed by atoms with Crippen LogP contribution in [0.2, 0.25) is 0 Å². The molecule has 3 rings (SSSR count). The molecule has 5 nitrogen and oxygen atoms in total. The van der Waals surface area contributed by atoms with Gasteiger partial charge in [0.1, 0.15) is 17.3 Å². The Morgan fingerprint density at radius 3 is 2.12 bits per heavy atom. The molecule has 1 fully saturated rings. The van der Waals surface area contributed by atoms with Gasteiger partial charge in [-0.05, 0) is 30.5 Å². The topological polar surface area (TPSA) is 59.6 Å². The average Bonchev–Trinajstić information content (AvgIpc) is 3.11. The van der Waals surface area contributed by atoms with Crippen molar-refractivity contribution in [1.29, 1.82) is 0 Å². The molecule has 2 N–H and O–H groups in total. The van der Waals surface area contributed by atoms with Gasteiger partial charge in [0.2, 0.25) is 0 Å². The lowest BCUT2D eigenvalue weighted by atomic mass is 9.88. The largest absolute Gasteiger partial charge is 0.497 e. The molecule has 0 aromatic heterocycles. The number of urea groups is 1. The maximum Gasteiger partial charge on any atom is 0.319 e. The van der Waals surface area contributed by atoms with E-state index in [9.17, 15) is 9.18 Å². The third-order valence-corrected chi connectivity index (χ3v) is 4.82. The van der Waals surface area contributed by atoms with E-state index < -0.39 is 5.54 Å². The first kappa shape index (κ1) is 18.0. The van der Waals surface area contributed by atoms with Crippen molar-refractivity contribution in [3.05, 3.63) is 53.8 Å². The van der Waals surface area contributed by atoms with Crippen LogP contribution < -0.4 is 20.1 Å². The minimum absolute atomic E-state index is 0.283. The molecule has 1 aliphatic carbocycles. The van der Waals surface area contributed by atoms with Gasteiger partial charge in [0, 0.05) is 23.9 Å². The van der Waals surface area contributed by atoms with Gasteiger partial charge < -0.3 is 20.1 Å². The summed E-state index contributed by atoms with van der Waals surface area (Å²) in [4.78, 5) is 12.6. The van der Waals surface area contributed by atoms with Crippen molar-refractivity contribution in [2.24, 2.45) is 0 Å². The molecule has 1 aliphatic rings. The van der Waals surface area contributed by atoms with Crippen LogP contribution in [0, 0.1) is 5.82 Å². The number of ether oxygens (including phenoxy) is 2. The van der Waals surface area contributed by atoms with E-state index in [1.54, 1.807) is 44.6 Å². The standard InChI is InChI=1S/C20H23FN2O3/c1-25-17-11-16(12-18(13-17)26-2)22-19(24)23-20(9-3-4-10-20)14-5-7-15(21)8-6-14/h5-8,11-13H,3-4,9-10H2,1-2H3,(H2,22,23,24).